The van der Waals surface area contributed by atoms with E-state index in [1.807, 2.05) is 32.3 Å². The average molecular weight is 229 g/mol. The molecule has 0 fully saturated rings. The first-order valence-corrected chi connectivity index (χ1v) is 5.98. The molecule has 0 aliphatic rings. The summed E-state index contributed by atoms with van der Waals surface area (Å²) in [7, 11) is 4.04. The molecule has 2 nitrogen and oxygen atoms in total. The first-order valence-electron chi connectivity index (χ1n) is 5.98. The standard InChI is InChI=1S/C15H19NO/c1-16(2)10-9-15(17)14-8-7-12-5-3-4-6-13(12)11-14/h3-8,11,15,17H,9-10H2,1-2H3/t15-/m0/s1. The van der Waals surface area contributed by atoms with Gasteiger partial charge in [-0.15, -0.1) is 0 Å². The van der Waals surface area contributed by atoms with Gasteiger partial charge in [0.2, 0.25) is 0 Å². The van der Waals surface area contributed by atoms with Crippen LogP contribution in [0.5, 0.6) is 0 Å². The van der Waals surface area contributed by atoms with Crippen molar-refractivity contribution < 1.29 is 5.11 Å². The number of aliphatic hydroxyl groups excluding tert-OH is 1. The molecule has 17 heavy (non-hydrogen) atoms. The maximum atomic E-state index is 10.1. The number of hydrogen-bond acceptors (Lipinski definition) is 2. The maximum absolute atomic E-state index is 10.1. The smallest absolute Gasteiger partial charge is 0.0802 e. The fourth-order valence-electron chi connectivity index (χ4n) is 1.96. The van der Waals surface area contributed by atoms with Crippen LogP contribution in [0.3, 0.4) is 0 Å². The van der Waals surface area contributed by atoms with Crippen molar-refractivity contribution in [1.82, 2.24) is 4.90 Å². The Morgan fingerprint density at radius 3 is 2.47 bits per heavy atom. The van der Waals surface area contributed by atoms with Crippen LogP contribution in [0, 0.1) is 0 Å². The Morgan fingerprint density at radius 2 is 1.76 bits per heavy atom. The van der Waals surface area contributed by atoms with Crippen molar-refractivity contribution in [2.45, 2.75) is 12.5 Å². The third-order valence-corrected chi connectivity index (χ3v) is 3.01. The monoisotopic (exact) mass is 229 g/mol. The van der Waals surface area contributed by atoms with Crippen molar-refractivity contribution in [2.75, 3.05) is 20.6 Å². The highest BCUT2D eigenvalue weighted by molar-refractivity contribution is 5.83. The van der Waals surface area contributed by atoms with Gasteiger partial charge in [0.15, 0.2) is 0 Å². The summed E-state index contributed by atoms with van der Waals surface area (Å²) in [6.07, 6.45) is 0.396. The van der Waals surface area contributed by atoms with Crippen LogP contribution in [0.15, 0.2) is 42.5 Å². The lowest BCUT2D eigenvalue weighted by Crippen LogP contribution is -2.15. The molecule has 0 aliphatic heterocycles. The van der Waals surface area contributed by atoms with Crippen LogP contribution >= 0.6 is 0 Å². The molecule has 0 saturated heterocycles. The molecule has 1 N–H and O–H groups in total. The summed E-state index contributed by atoms with van der Waals surface area (Å²) in [6, 6.07) is 14.4. The molecule has 1 atom stereocenters. The molecule has 0 saturated carbocycles. The van der Waals surface area contributed by atoms with Crippen molar-refractivity contribution in [1.29, 1.82) is 0 Å². The molecule has 0 spiro atoms. The largest absolute Gasteiger partial charge is 0.388 e. The van der Waals surface area contributed by atoms with Gasteiger partial charge in [-0.2, -0.15) is 0 Å². The topological polar surface area (TPSA) is 23.5 Å². The lowest BCUT2D eigenvalue weighted by Gasteiger charge is -2.15. The van der Waals surface area contributed by atoms with Gasteiger partial charge in [0.05, 0.1) is 6.10 Å². The van der Waals surface area contributed by atoms with Gasteiger partial charge in [-0.3, -0.25) is 0 Å². The van der Waals surface area contributed by atoms with Gasteiger partial charge in [-0.25, -0.2) is 0 Å². The molecule has 2 aromatic carbocycles. The van der Waals surface area contributed by atoms with Crippen molar-refractivity contribution in [3.8, 4) is 0 Å². The van der Waals surface area contributed by atoms with Gasteiger partial charge < -0.3 is 10.0 Å². The molecule has 0 radical (unpaired) electrons. The van der Waals surface area contributed by atoms with Crippen LogP contribution in [-0.2, 0) is 0 Å². The van der Waals surface area contributed by atoms with Gasteiger partial charge in [0, 0.05) is 6.54 Å². The minimum absolute atomic E-state index is 0.373. The highest BCUT2D eigenvalue weighted by Gasteiger charge is 2.08. The summed E-state index contributed by atoms with van der Waals surface area (Å²) < 4.78 is 0. The van der Waals surface area contributed by atoms with E-state index >= 15 is 0 Å². The van der Waals surface area contributed by atoms with Crippen molar-refractivity contribution >= 4 is 10.8 Å². The number of nitrogens with zero attached hydrogens (tertiary/aromatic N) is 1. The number of benzene rings is 2. The molecule has 2 aromatic rings. The number of fused-ring (bicyclic) bond motifs is 1. The summed E-state index contributed by atoms with van der Waals surface area (Å²) in [5, 5.41) is 12.5. The van der Waals surface area contributed by atoms with E-state index < -0.39 is 0 Å². The summed E-state index contributed by atoms with van der Waals surface area (Å²) in [4.78, 5) is 2.09. The Kier molecular flexibility index (Phi) is 3.77. The highest BCUT2D eigenvalue weighted by Crippen LogP contribution is 2.22. The molecule has 90 valence electrons. The van der Waals surface area contributed by atoms with Gasteiger partial charge in [-0.1, -0.05) is 36.4 Å². The third-order valence-electron chi connectivity index (χ3n) is 3.01. The van der Waals surface area contributed by atoms with E-state index in [9.17, 15) is 5.11 Å². The van der Waals surface area contributed by atoms with Gasteiger partial charge in [0.1, 0.15) is 0 Å². The van der Waals surface area contributed by atoms with Crippen molar-refractivity contribution in [2.24, 2.45) is 0 Å². The van der Waals surface area contributed by atoms with Gasteiger partial charge in [-0.05, 0) is 42.9 Å². The molecular weight excluding hydrogens is 210 g/mol. The molecular formula is C15H19NO. The Labute approximate surface area is 102 Å². The Bertz CT molecular complexity index is 493. The molecule has 0 unspecified atom stereocenters. The Hall–Kier alpha value is -1.38. The molecule has 0 heterocycles. The Balaban J connectivity index is 2.18. The molecule has 0 amide bonds. The predicted octanol–water partition coefficient (Wildman–Crippen LogP) is 2.82. The summed E-state index contributed by atoms with van der Waals surface area (Å²) >= 11 is 0. The molecule has 2 rings (SSSR count). The van der Waals surface area contributed by atoms with Crippen LogP contribution in [0.1, 0.15) is 18.1 Å². The highest BCUT2D eigenvalue weighted by atomic mass is 16.3. The second kappa shape index (κ2) is 5.30. The number of hydrogen-bond donors (Lipinski definition) is 1. The first-order chi connectivity index (χ1) is 8.16. The maximum Gasteiger partial charge on any atom is 0.0802 e. The minimum atomic E-state index is -0.373. The SMILES string of the molecule is CN(C)CC[C@H](O)c1ccc2ccccc2c1. The summed E-state index contributed by atoms with van der Waals surface area (Å²) in [6.45, 7) is 0.897. The molecule has 0 aromatic heterocycles. The van der Waals surface area contributed by atoms with E-state index in [1.54, 1.807) is 0 Å². The van der Waals surface area contributed by atoms with Crippen molar-refractivity contribution in [3.05, 3.63) is 48.0 Å². The van der Waals surface area contributed by atoms with E-state index in [2.05, 4.69) is 29.2 Å². The van der Waals surface area contributed by atoms with Crippen LogP contribution < -0.4 is 0 Å². The average Bonchev–Trinajstić information content (AvgIpc) is 2.35. The van der Waals surface area contributed by atoms with Gasteiger partial charge >= 0.3 is 0 Å². The Morgan fingerprint density at radius 1 is 1.06 bits per heavy atom. The molecule has 0 aliphatic carbocycles. The zero-order chi connectivity index (χ0) is 12.3. The van der Waals surface area contributed by atoms with E-state index in [4.69, 9.17) is 0 Å². The zero-order valence-corrected chi connectivity index (χ0v) is 10.4. The summed E-state index contributed by atoms with van der Waals surface area (Å²) in [5.74, 6) is 0. The lowest BCUT2D eigenvalue weighted by atomic mass is 10.0. The summed E-state index contributed by atoms with van der Waals surface area (Å²) in [5.41, 5.74) is 1.01. The van der Waals surface area contributed by atoms with E-state index in [1.165, 1.54) is 10.8 Å². The molecule has 0 bridgehead atoms. The zero-order valence-electron chi connectivity index (χ0n) is 10.4. The predicted molar refractivity (Wildman–Crippen MR) is 72.1 cm³/mol. The van der Waals surface area contributed by atoms with Crippen LogP contribution in [-0.4, -0.2) is 30.6 Å². The van der Waals surface area contributed by atoms with E-state index in [0.29, 0.717) is 0 Å². The fourth-order valence-corrected chi connectivity index (χ4v) is 1.96. The number of aliphatic hydroxyl groups is 1. The third kappa shape index (κ3) is 3.05. The lowest BCUT2D eigenvalue weighted by molar-refractivity contribution is 0.154. The fraction of sp³-hybridized carbons (Fsp3) is 0.333. The minimum Gasteiger partial charge on any atom is -0.388 e. The molecule has 2 heteroatoms. The van der Waals surface area contributed by atoms with E-state index in [-0.39, 0.29) is 6.10 Å². The van der Waals surface area contributed by atoms with Crippen LogP contribution in [0.4, 0.5) is 0 Å². The number of rotatable bonds is 4. The quantitative estimate of drug-likeness (QED) is 0.871. The second-order valence-corrected chi connectivity index (χ2v) is 4.71. The van der Waals surface area contributed by atoms with Crippen molar-refractivity contribution in [3.63, 3.8) is 0 Å². The van der Waals surface area contributed by atoms with Crippen LogP contribution in [0.25, 0.3) is 10.8 Å². The normalized spacial score (nSPS) is 13.2. The van der Waals surface area contributed by atoms with E-state index in [0.717, 1.165) is 18.5 Å². The van der Waals surface area contributed by atoms with Gasteiger partial charge in [0.25, 0.3) is 0 Å². The first kappa shape index (κ1) is 12.1. The van der Waals surface area contributed by atoms with Crippen LogP contribution in [0.2, 0.25) is 0 Å². The second-order valence-electron chi connectivity index (χ2n) is 4.71.